The zero-order chi connectivity index (χ0) is 12.8. The number of carbonyl (C=O) groups is 2. The second-order valence-electron chi connectivity index (χ2n) is 5.90. The first kappa shape index (κ1) is 12.0. The van der Waals surface area contributed by atoms with Crippen molar-refractivity contribution in [2.45, 2.75) is 37.6 Å². The molecule has 18 heavy (non-hydrogen) atoms. The lowest BCUT2D eigenvalue weighted by Gasteiger charge is -2.32. The number of rotatable bonds is 3. The molecule has 0 aromatic rings. The second-order valence-corrected chi connectivity index (χ2v) is 5.90. The van der Waals surface area contributed by atoms with Crippen LogP contribution in [-0.2, 0) is 14.3 Å². The standard InChI is InChI=1S/C13H20N2O3/c14-13(4-1-2-8-6-10(8)13)12(17)15-7-9-3-5-18-11(9)16/h8-10H,1-7,14H2,(H,15,17). The average molecular weight is 252 g/mol. The third kappa shape index (κ3) is 1.90. The maximum Gasteiger partial charge on any atom is 0.310 e. The van der Waals surface area contributed by atoms with Gasteiger partial charge in [0.15, 0.2) is 0 Å². The molecule has 2 aliphatic carbocycles. The van der Waals surface area contributed by atoms with Gasteiger partial charge >= 0.3 is 5.97 Å². The minimum Gasteiger partial charge on any atom is -0.465 e. The molecule has 4 atom stereocenters. The molecule has 0 radical (unpaired) electrons. The van der Waals surface area contributed by atoms with Crippen LogP contribution in [0.3, 0.4) is 0 Å². The van der Waals surface area contributed by atoms with Crippen LogP contribution in [0.15, 0.2) is 0 Å². The Kier molecular flexibility index (Phi) is 2.81. The summed E-state index contributed by atoms with van der Waals surface area (Å²) in [6.07, 6.45) is 4.82. The van der Waals surface area contributed by atoms with E-state index in [0.717, 1.165) is 19.3 Å². The van der Waals surface area contributed by atoms with Crippen molar-refractivity contribution in [1.82, 2.24) is 5.32 Å². The molecule has 3 N–H and O–H groups in total. The van der Waals surface area contributed by atoms with Crippen molar-refractivity contribution in [3.05, 3.63) is 0 Å². The SMILES string of the molecule is NC1(C(=O)NCC2CCOC2=O)CCCC2CC21. The van der Waals surface area contributed by atoms with E-state index < -0.39 is 5.54 Å². The normalized spacial score (nSPS) is 42.1. The molecule has 0 aromatic carbocycles. The number of fused-ring (bicyclic) bond motifs is 1. The summed E-state index contributed by atoms with van der Waals surface area (Å²) in [5.74, 6) is 0.563. The minimum absolute atomic E-state index is 0.0746. The summed E-state index contributed by atoms with van der Waals surface area (Å²) in [6.45, 7) is 0.839. The van der Waals surface area contributed by atoms with Crippen LogP contribution in [0.2, 0.25) is 0 Å². The summed E-state index contributed by atoms with van der Waals surface area (Å²) in [7, 11) is 0. The number of carbonyl (C=O) groups excluding carboxylic acids is 2. The zero-order valence-corrected chi connectivity index (χ0v) is 10.5. The lowest BCUT2D eigenvalue weighted by molar-refractivity contribution is -0.141. The van der Waals surface area contributed by atoms with Gasteiger partial charge in [-0.15, -0.1) is 0 Å². The lowest BCUT2D eigenvalue weighted by atomic mass is 9.81. The first-order valence-corrected chi connectivity index (χ1v) is 6.85. The summed E-state index contributed by atoms with van der Waals surface area (Å²) in [6, 6.07) is 0. The predicted octanol–water partition coefficient (Wildman–Crippen LogP) is 0.183. The molecule has 3 rings (SSSR count). The second kappa shape index (κ2) is 4.23. The first-order valence-electron chi connectivity index (χ1n) is 6.85. The van der Waals surface area contributed by atoms with Crippen LogP contribution in [0, 0.1) is 17.8 Å². The van der Waals surface area contributed by atoms with Crippen LogP contribution in [0.4, 0.5) is 0 Å². The molecule has 5 heteroatoms. The average Bonchev–Trinajstić information content (AvgIpc) is 3.04. The largest absolute Gasteiger partial charge is 0.465 e. The maximum atomic E-state index is 12.2. The van der Waals surface area contributed by atoms with E-state index in [-0.39, 0.29) is 17.8 Å². The molecule has 4 unspecified atom stereocenters. The van der Waals surface area contributed by atoms with Gasteiger partial charge in [0.2, 0.25) is 5.91 Å². The van der Waals surface area contributed by atoms with E-state index in [2.05, 4.69) is 5.32 Å². The summed E-state index contributed by atoms with van der Waals surface area (Å²) in [5, 5.41) is 2.86. The van der Waals surface area contributed by atoms with Gasteiger partial charge in [-0.3, -0.25) is 9.59 Å². The van der Waals surface area contributed by atoms with Gasteiger partial charge in [0.1, 0.15) is 0 Å². The lowest BCUT2D eigenvalue weighted by Crippen LogP contribution is -2.57. The Morgan fingerprint density at radius 2 is 2.33 bits per heavy atom. The highest BCUT2D eigenvalue weighted by Crippen LogP contribution is 2.53. The van der Waals surface area contributed by atoms with Crippen molar-refractivity contribution in [3.8, 4) is 0 Å². The number of nitrogens with one attached hydrogen (secondary N) is 1. The van der Waals surface area contributed by atoms with Crippen LogP contribution < -0.4 is 11.1 Å². The summed E-state index contributed by atoms with van der Waals surface area (Å²) in [4.78, 5) is 23.5. The summed E-state index contributed by atoms with van der Waals surface area (Å²) >= 11 is 0. The van der Waals surface area contributed by atoms with Gasteiger partial charge in [0.25, 0.3) is 0 Å². The van der Waals surface area contributed by atoms with Gasteiger partial charge < -0.3 is 15.8 Å². The highest BCUT2D eigenvalue weighted by molar-refractivity contribution is 5.87. The molecule has 1 amide bonds. The van der Waals surface area contributed by atoms with Crippen molar-refractivity contribution in [2.75, 3.05) is 13.2 Å². The van der Waals surface area contributed by atoms with Gasteiger partial charge in [-0.2, -0.15) is 0 Å². The Morgan fingerprint density at radius 3 is 3.06 bits per heavy atom. The van der Waals surface area contributed by atoms with Gasteiger partial charge in [-0.25, -0.2) is 0 Å². The van der Waals surface area contributed by atoms with E-state index in [9.17, 15) is 9.59 Å². The molecular weight excluding hydrogens is 232 g/mol. The molecule has 100 valence electrons. The molecule has 1 saturated heterocycles. The van der Waals surface area contributed by atoms with Crippen LogP contribution in [0.5, 0.6) is 0 Å². The summed E-state index contributed by atoms with van der Waals surface area (Å²) in [5.41, 5.74) is 5.59. The third-order valence-electron chi connectivity index (χ3n) is 4.73. The van der Waals surface area contributed by atoms with E-state index in [1.54, 1.807) is 0 Å². The van der Waals surface area contributed by atoms with Crippen LogP contribution >= 0.6 is 0 Å². The molecular formula is C13H20N2O3. The molecule has 3 aliphatic rings. The molecule has 5 nitrogen and oxygen atoms in total. The number of ether oxygens (including phenoxy) is 1. The fourth-order valence-corrected chi connectivity index (χ4v) is 3.42. The first-order chi connectivity index (χ1) is 8.61. The van der Waals surface area contributed by atoms with Gasteiger partial charge in [0, 0.05) is 6.54 Å². The third-order valence-corrected chi connectivity index (χ3v) is 4.73. The number of esters is 1. The van der Waals surface area contributed by atoms with Gasteiger partial charge in [-0.1, -0.05) is 12.8 Å². The number of amides is 1. The molecule has 0 bridgehead atoms. The molecule has 0 spiro atoms. The molecule has 1 aliphatic heterocycles. The van der Waals surface area contributed by atoms with Crippen molar-refractivity contribution in [3.63, 3.8) is 0 Å². The Morgan fingerprint density at radius 1 is 1.50 bits per heavy atom. The maximum absolute atomic E-state index is 12.2. The minimum atomic E-state index is -0.689. The number of cyclic esters (lactones) is 1. The fraction of sp³-hybridized carbons (Fsp3) is 0.846. The van der Waals surface area contributed by atoms with E-state index in [1.165, 1.54) is 6.42 Å². The highest BCUT2D eigenvalue weighted by Gasteiger charge is 2.56. The number of hydrogen-bond donors (Lipinski definition) is 2. The van der Waals surface area contributed by atoms with E-state index in [0.29, 0.717) is 31.4 Å². The fourth-order valence-electron chi connectivity index (χ4n) is 3.42. The van der Waals surface area contributed by atoms with Crippen molar-refractivity contribution in [2.24, 2.45) is 23.5 Å². The van der Waals surface area contributed by atoms with E-state index in [4.69, 9.17) is 10.5 Å². The van der Waals surface area contributed by atoms with Crippen molar-refractivity contribution < 1.29 is 14.3 Å². The predicted molar refractivity (Wildman–Crippen MR) is 64.4 cm³/mol. The quantitative estimate of drug-likeness (QED) is 0.702. The van der Waals surface area contributed by atoms with Crippen LogP contribution in [-0.4, -0.2) is 30.6 Å². The Balaban J connectivity index is 1.56. The zero-order valence-electron chi connectivity index (χ0n) is 10.5. The van der Waals surface area contributed by atoms with Crippen LogP contribution in [0.1, 0.15) is 32.1 Å². The summed E-state index contributed by atoms with van der Waals surface area (Å²) < 4.78 is 4.88. The van der Waals surface area contributed by atoms with Gasteiger partial charge in [-0.05, 0) is 31.1 Å². The number of hydrogen-bond acceptors (Lipinski definition) is 4. The number of nitrogens with two attached hydrogens (primary N) is 1. The molecule has 2 saturated carbocycles. The highest BCUT2D eigenvalue weighted by atomic mass is 16.5. The van der Waals surface area contributed by atoms with Crippen molar-refractivity contribution >= 4 is 11.9 Å². The topological polar surface area (TPSA) is 81.4 Å². The Hall–Kier alpha value is -1.10. The smallest absolute Gasteiger partial charge is 0.310 e. The van der Waals surface area contributed by atoms with Crippen molar-refractivity contribution in [1.29, 1.82) is 0 Å². The Labute approximate surface area is 106 Å². The van der Waals surface area contributed by atoms with Crippen LogP contribution in [0.25, 0.3) is 0 Å². The molecule has 0 aromatic heterocycles. The Bertz CT molecular complexity index is 384. The monoisotopic (exact) mass is 252 g/mol. The van der Waals surface area contributed by atoms with Gasteiger partial charge in [0.05, 0.1) is 18.1 Å². The molecule has 3 fully saturated rings. The molecule has 1 heterocycles. The van der Waals surface area contributed by atoms with E-state index in [1.807, 2.05) is 0 Å². The van der Waals surface area contributed by atoms with E-state index >= 15 is 0 Å².